The highest BCUT2D eigenvalue weighted by atomic mass is 16.3. The van der Waals surface area contributed by atoms with Gasteiger partial charge >= 0.3 is 0 Å². The number of ketones is 1. The van der Waals surface area contributed by atoms with E-state index in [4.69, 9.17) is 9.97 Å². The maximum atomic E-state index is 13.4. The van der Waals surface area contributed by atoms with Gasteiger partial charge in [0, 0.05) is 102 Å². The summed E-state index contributed by atoms with van der Waals surface area (Å²) in [7, 11) is 4.17. The number of rotatable bonds is 12. The van der Waals surface area contributed by atoms with Crippen molar-refractivity contribution in [2.45, 2.75) is 12.5 Å². The van der Waals surface area contributed by atoms with Gasteiger partial charge in [-0.25, -0.2) is 9.97 Å². The first-order valence-corrected chi connectivity index (χ1v) is 17.1. The van der Waals surface area contributed by atoms with Crippen molar-refractivity contribution >= 4 is 39.2 Å². The fraction of sp³-hybridized carbons (Fsp3) is 0.256. The van der Waals surface area contributed by atoms with Crippen molar-refractivity contribution in [2.24, 2.45) is 0 Å². The average Bonchev–Trinajstić information content (AvgIpc) is 3.59. The lowest BCUT2D eigenvalue weighted by molar-refractivity contribution is 0.104. The first-order valence-electron chi connectivity index (χ1n) is 17.1. The number of aliphatic hydroxyl groups is 1. The molecule has 0 aliphatic heterocycles. The zero-order chi connectivity index (χ0) is 35.2. The first kappa shape index (κ1) is 32.5. The molecular formula is C39H38N8O4. The first-order chi connectivity index (χ1) is 24.8. The summed E-state index contributed by atoms with van der Waals surface area (Å²) in [6, 6.07) is 14.0. The van der Waals surface area contributed by atoms with Gasteiger partial charge in [0.05, 0.1) is 16.6 Å². The van der Waals surface area contributed by atoms with Gasteiger partial charge in [0.15, 0.2) is 5.78 Å². The molecular weight excluding hydrogens is 644 g/mol. The molecule has 0 spiro atoms. The average molecular weight is 683 g/mol. The molecule has 0 bridgehead atoms. The minimum atomic E-state index is -0.833. The summed E-state index contributed by atoms with van der Waals surface area (Å²) in [6.45, 7) is 4.51. The third-order valence-electron chi connectivity index (χ3n) is 9.88. The lowest BCUT2D eigenvalue weighted by Gasteiger charge is -2.22. The number of fused-ring (bicyclic) bond motifs is 10. The molecule has 0 saturated heterocycles. The van der Waals surface area contributed by atoms with E-state index >= 15 is 0 Å². The van der Waals surface area contributed by atoms with Gasteiger partial charge in [0.2, 0.25) is 0 Å². The highest BCUT2D eigenvalue weighted by Gasteiger charge is 2.34. The topological polar surface area (TPSA) is 160 Å². The number of aromatic nitrogens is 4. The number of likely N-dealkylation sites (N-methyl/N-ethyl adjacent to an activating group) is 2. The third kappa shape index (κ3) is 5.86. The Bertz CT molecular complexity index is 2330. The lowest BCUT2D eigenvalue weighted by Crippen LogP contribution is -2.31. The van der Waals surface area contributed by atoms with Gasteiger partial charge in [-0.15, -0.1) is 0 Å². The predicted molar refractivity (Wildman–Crippen MR) is 197 cm³/mol. The molecule has 0 saturated carbocycles. The van der Waals surface area contributed by atoms with Crippen molar-refractivity contribution in [3.63, 3.8) is 0 Å². The van der Waals surface area contributed by atoms with Gasteiger partial charge in [0.1, 0.15) is 29.2 Å². The summed E-state index contributed by atoms with van der Waals surface area (Å²) >= 11 is 0. The summed E-state index contributed by atoms with van der Waals surface area (Å²) in [4.78, 5) is 35.9. The Morgan fingerprint density at radius 3 is 1.96 bits per heavy atom. The van der Waals surface area contributed by atoms with E-state index in [1.165, 1.54) is 0 Å². The number of hydrogen-bond donors (Lipinski definition) is 5. The van der Waals surface area contributed by atoms with Gasteiger partial charge < -0.3 is 35.8 Å². The maximum absolute atomic E-state index is 13.4. The predicted octanol–water partition coefficient (Wildman–Crippen LogP) is 5.04. The van der Waals surface area contributed by atoms with E-state index in [1.807, 2.05) is 24.3 Å². The van der Waals surface area contributed by atoms with Crippen LogP contribution in [0.5, 0.6) is 11.5 Å². The fourth-order valence-electron chi connectivity index (χ4n) is 7.34. The van der Waals surface area contributed by atoms with Crippen molar-refractivity contribution in [2.75, 3.05) is 64.0 Å². The zero-order valence-corrected chi connectivity index (χ0v) is 28.4. The summed E-state index contributed by atoms with van der Waals surface area (Å²) in [5.41, 5.74) is 7.40. The molecule has 2 aromatic carbocycles. The highest BCUT2D eigenvalue weighted by Crippen LogP contribution is 2.49. The Labute approximate surface area is 294 Å². The summed E-state index contributed by atoms with van der Waals surface area (Å²) in [6.07, 6.45) is 6.85. The Balaban J connectivity index is 0.858. The van der Waals surface area contributed by atoms with E-state index in [0.717, 1.165) is 76.8 Å². The van der Waals surface area contributed by atoms with Crippen LogP contribution in [0.4, 0.5) is 11.6 Å². The lowest BCUT2D eigenvalue weighted by atomic mass is 10.0. The van der Waals surface area contributed by atoms with Gasteiger partial charge in [0.25, 0.3) is 0 Å². The van der Waals surface area contributed by atoms with Crippen molar-refractivity contribution in [1.29, 1.82) is 0 Å². The summed E-state index contributed by atoms with van der Waals surface area (Å²) in [5, 5.41) is 40.1. The van der Waals surface area contributed by atoms with Crippen molar-refractivity contribution in [3.8, 4) is 33.8 Å². The number of benzene rings is 2. The number of hydrogen-bond acceptors (Lipinski definition) is 12. The molecule has 6 aromatic rings. The SMILES string of the molecule is CN(CCCN(C)CCNc1nc2cc(O)ccc2c2c1C(O)c1cnccc1-2)CCNc1nc2cc(O)ccc2c2c1C(=O)c1cnccc1-2. The van der Waals surface area contributed by atoms with Gasteiger partial charge in [-0.3, -0.25) is 14.8 Å². The summed E-state index contributed by atoms with van der Waals surface area (Å²) < 4.78 is 0. The number of nitrogens with one attached hydrogen (secondary N) is 2. The molecule has 0 radical (unpaired) electrons. The van der Waals surface area contributed by atoms with Crippen LogP contribution in [0.3, 0.4) is 0 Å². The molecule has 12 nitrogen and oxygen atoms in total. The number of aliphatic hydroxyl groups excluding tert-OH is 1. The highest BCUT2D eigenvalue weighted by molar-refractivity contribution is 6.27. The van der Waals surface area contributed by atoms with Crippen LogP contribution in [0, 0.1) is 0 Å². The van der Waals surface area contributed by atoms with E-state index in [-0.39, 0.29) is 17.3 Å². The third-order valence-corrected chi connectivity index (χ3v) is 9.88. The fourth-order valence-corrected chi connectivity index (χ4v) is 7.34. The Morgan fingerprint density at radius 1 is 0.686 bits per heavy atom. The molecule has 1 atom stereocenters. The van der Waals surface area contributed by atoms with E-state index in [0.29, 0.717) is 46.9 Å². The minimum Gasteiger partial charge on any atom is -0.508 e. The monoisotopic (exact) mass is 682 g/mol. The molecule has 1 unspecified atom stereocenters. The van der Waals surface area contributed by atoms with Crippen LogP contribution in [0.15, 0.2) is 73.3 Å². The number of carbonyl (C=O) groups excluding carboxylic acids is 1. The molecule has 51 heavy (non-hydrogen) atoms. The number of aromatic hydroxyl groups is 2. The Morgan fingerprint density at radius 2 is 1.27 bits per heavy atom. The smallest absolute Gasteiger partial charge is 0.199 e. The quantitative estimate of drug-likeness (QED) is 0.117. The second-order valence-electron chi connectivity index (χ2n) is 13.3. The normalized spacial score (nSPS) is 14.3. The molecule has 0 fully saturated rings. The molecule has 2 aliphatic rings. The number of anilines is 2. The standard InChI is InChI=1S/C39H38N8O4/c1-46(16-12-42-38-34-32(24-8-10-40-20-28(24)36(34)50)26-6-4-22(48)18-30(26)44-38)14-3-15-47(2)17-13-43-39-35-33(25-9-11-41-21-29(25)37(35)51)27-7-5-23(49)19-31(27)45-39/h4-11,18-21,36,48-50H,3,12-17H2,1-2H3,(H,42,44)(H,43,45). The largest absolute Gasteiger partial charge is 0.508 e. The number of carbonyl (C=O) groups is 1. The molecule has 258 valence electrons. The van der Waals surface area contributed by atoms with E-state index < -0.39 is 6.10 Å². The van der Waals surface area contributed by atoms with Gasteiger partial charge in [-0.2, -0.15) is 0 Å². The van der Waals surface area contributed by atoms with Crippen LogP contribution in [-0.4, -0.2) is 104 Å². The molecule has 4 heterocycles. The van der Waals surface area contributed by atoms with Gasteiger partial charge in [-0.05, 0) is 81.1 Å². The van der Waals surface area contributed by atoms with Crippen molar-refractivity contribution in [1.82, 2.24) is 29.7 Å². The number of nitrogens with zero attached hydrogens (tertiary/aromatic N) is 6. The van der Waals surface area contributed by atoms with E-state index in [2.05, 4.69) is 44.5 Å². The van der Waals surface area contributed by atoms with Crippen LogP contribution < -0.4 is 10.6 Å². The van der Waals surface area contributed by atoms with E-state index in [1.54, 1.807) is 49.1 Å². The zero-order valence-electron chi connectivity index (χ0n) is 28.4. The van der Waals surface area contributed by atoms with Crippen molar-refractivity contribution < 1.29 is 20.1 Å². The number of phenols is 2. The van der Waals surface area contributed by atoms with Crippen LogP contribution >= 0.6 is 0 Å². The summed E-state index contributed by atoms with van der Waals surface area (Å²) in [5.74, 6) is 1.30. The molecule has 5 N–H and O–H groups in total. The van der Waals surface area contributed by atoms with Gasteiger partial charge in [-0.1, -0.05) is 0 Å². The minimum absolute atomic E-state index is 0.0948. The van der Waals surface area contributed by atoms with Crippen LogP contribution in [0.1, 0.15) is 39.6 Å². The second kappa shape index (κ2) is 13.2. The van der Waals surface area contributed by atoms with Crippen LogP contribution in [0.25, 0.3) is 44.1 Å². The van der Waals surface area contributed by atoms with E-state index in [9.17, 15) is 20.1 Å². The van der Waals surface area contributed by atoms with Crippen LogP contribution in [-0.2, 0) is 0 Å². The Hall–Kier alpha value is -5.69. The molecule has 8 rings (SSSR count). The van der Waals surface area contributed by atoms with Crippen molar-refractivity contribution in [3.05, 3.63) is 95.6 Å². The molecule has 4 aromatic heterocycles. The van der Waals surface area contributed by atoms with Crippen LogP contribution in [0.2, 0.25) is 0 Å². The second-order valence-corrected chi connectivity index (χ2v) is 13.3. The molecule has 2 aliphatic carbocycles. The number of phenolic OH excluding ortho intramolecular Hbond substituents is 2. The molecule has 12 heteroatoms. The molecule has 0 amide bonds. The Kier molecular flexibility index (Phi) is 8.42. The maximum Gasteiger partial charge on any atom is 0.199 e. The number of pyridine rings is 4.